The van der Waals surface area contributed by atoms with Crippen LogP contribution in [0.2, 0.25) is 0 Å². The molecule has 0 bridgehead atoms. The molecule has 404 valence electrons. The van der Waals surface area contributed by atoms with Crippen molar-refractivity contribution in [3.63, 3.8) is 0 Å². The number of amides is 1. The molecule has 2 aliphatic rings. The van der Waals surface area contributed by atoms with Crippen LogP contribution in [0.15, 0.2) is 72.9 Å². The van der Waals surface area contributed by atoms with Crippen LogP contribution < -0.4 is 5.32 Å². The molecule has 0 spiro atoms. The molecule has 0 aromatic rings. The third-order valence-electron chi connectivity index (χ3n) is 12.9. The van der Waals surface area contributed by atoms with E-state index in [2.05, 4.69) is 79.9 Å². The topological polar surface area (TPSA) is 228 Å². The molecule has 70 heavy (non-hydrogen) atoms. The second-order valence-electron chi connectivity index (χ2n) is 19.0. The van der Waals surface area contributed by atoms with Gasteiger partial charge in [-0.1, -0.05) is 183 Å². The SMILES string of the molecule is CC/C=C\C/C=C\C/C=C\C/C=C\C/C=C\CCCCCCCCCC(=O)NC(COC1OC(CO)C(OC2OC(CO)C(O)C(O)C2O)C(O)C1O)C(O)/C=C/CCCCCCCCCCCCC. The fourth-order valence-corrected chi connectivity index (χ4v) is 8.49. The molecule has 2 heterocycles. The van der Waals surface area contributed by atoms with Crippen LogP contribution in [0.4, 0.5) is 0 Å². The van der Waals surface area contributed by atoms with Crippen molar-refractivity contribution in [1.82, 2.24) is 5.32 Å². The van der Waals surface area contributed by atoms with Gasteiger partial charge in [0.05, 0.1) is 32.0 Å². The molecular formula is C56H97NO13. The average molecular weight is 992 g/mol. The van der Waals surface area contributed by atoms with Crippen molar-refractivity contribution in [2.24, 2.45) is 0 Å². The first-order chi connectivity index (χ1) is 34.1. The molecule has 14 heteroatoms. The number of hydrogen-bond acceptors (Lipinski definition) is 13. The summed E-state index contributed by atoms with van der Waals surface area (Å²) in [5, 5.41) is 86.8. The lowest BCUT2D eigenvalue weighted by Gasteiger charge is -2.46. The fraction of sp³-hybridized carbons (Fsp3) is 0.768. The Morgan fingerprint density at radius 1 is 0.529 bits per heavy atom. The summed E-state index contributed by atoms with van der Waals surface area (Å²) in [6, 6.07) is -0.923. The predicted molar refractivity (Wildman–Crippen MR) is 277 cm³/mol. The molecule has 12 unspecified atom stereocenters. The lowest BCUT2D eigenvalue weighted by molar-refractivity contribution is -0.359. The predicted octanol–water partition coefficient (Wildman–Crippen LogP) is 7.99. The number of unbranched alkanes of at least 4 members (excludes halogenated alkanes) is 18. The van der Waals surface area contributed by atoms with E-state index in [4.69, 9.17) is 18.9 Å². The van der Waals surface area contributed by atoms with Gasteiger partial charge in [-0.3, -0.25) is 4.79 Å². The van der Waals surface area contributed by atoms with Gasteiger partial charge in [-0.05, 0) is 64.2 Å². The van der Waals surface area contributed by atoms with E-state index >= 15 is 0 Å². The summed E-state index contributed by atoms with van der Waals surface area (Å²) < 4.78 is 22.7. The minimum atomic E-state index is -1.79. The number of nitrogens with one attached hydrogen (secondary N) is 1. The molecule has 0 radical (unpaired) electrons. The van der Waals surface area contributed by atoms with Gasteiger partial charge in [0.2, 0.25) is 5.91 Å². The molecule has 2 rings (SSSR count). The van der Waals surface area contributed by atoms with E-state index in [-0.39, 0.29) is 18.9 Å². The van der Waals surface area contributed by atoms with E-state index in [1.165, 1.54) is 64.2 Å². The molecule has 12 atom stereocenters. The van der Waals surface area contributed by atoms with Crippen molar-refractivity contribution in [3.05, 3.63) is 72.9 Å². The van der Waals surface area contributed by atoms with E-state index in [0.29, 0.717) is 6.42 Å². The summed E-state index contributed by atoms with van der Waals surface area (Å²) in [5.41, 5.74) is 0. The molecular weight excluding hydrogens is 895 g/mol. The zero-order valence-electron chi connectivity index (χ0n) is 43.0. The summed E-state index contributed by atoms with van der Waals surface area (Å²) in [6.07, 6.45) is 36.5. The van der Waals surface area contributed by atoms with Gasteiger partial charge in [-0.15, -0.1) is 0 Å². The van der Waals surface area contributed by atoms with Crippen LogP contribution in [0.25, 0.3) is 0 Å². The minimum Gasteiger partial charge on any atom is -0.394 e. The van der Waals surface area contributed by atoms with Crippen LogP contribution in [0.1, 0.15) is 181 Å². The van der Waals surface area contributed by atoms with Gasteiger partial charge < -0.3 is 65.1 Å². The highest BCUT2D eigenvalue weighted by Gasteiger charge is 2.51. The monoisotopic (exact) mass is 992 g/mol. The smallest absolute Gasteiger partial charge is 0.220 e. The molecule has 9 N–H and O–H groups in total. The molecule has 2 fully saturated rings. The Hall–Kier alpha value is -2.57. The standard InChI is InChI=1S/C56H97NO13/c1-3-5-7-9-11-13-15-17-18-19-20-21-22-23-24-25-26-28-30-32-34-36-38-40-48(61)57-44(45(60)39-37-35-33-31-29-27-16-14-12-10-8-6-4-2)43-67-55-53(66)51(64)54(47(42-59)69-55)70-56-52(65)50(63)49(62)46(41-58)68-56/h5,7,11,13,17-18,20-21,23-24,37,39,44-47,49-56,58-60,62-66H,3-4,6,8-10,12,14-16,19,22,25-36,38,40-43H2,1-2H3,(H,57,61)/b7-5-,13-11-,18-17-,21-20-,24-23-,39-37+. The highest BCUT2D eigenvalue weighted by molar-refractivity contribution is 5.76. The zero-order valence-corrected chi connectivity index (χ0v) is 43.0. The summed E-state index contributed by atoms with van der Waals surface area (Å²) in [7, 11) is 0. The second-order valence-corrected chi connectivity index (χ2v) is 19.0. The number of carbonyl (C=O) groups excluding carboxylic acids is 1. The molecule has 14 nitrogen and oxygen atoms in total. The first kappa shape index (κ1) is 63.5. The van der Waals surface area contributed by atoms with Crippen LogP contribution in [-0.4, -0.2) is 140 Å². The molecule has 0 saturated carbocycles. The molecule has 1 amide bonds. The third kappa shape index (κ3) is 28.0. The van der Waals surface area contributed by atoms with Gasteiger partial charge in [-0.25, -0.2) is 0 Å². The van der Waals surface area contributed by atoms with Gasteiger partial charge in [0.15, 0.2) is 12.6 Å². The Kier molecular flexibility index (Phi) is 38.0. The lowest BCUT2D eigenvalue weighted by atomic mass is 9.97. The van der Waals surface area contributed by atoms with Gasteiger partial charge in [0, 0.05) is 6.42 Å². The van der Waals surface area contributed by atoms with Crippen LogP contribution in [-0.2, 0) is 23.7 Å². The Balaban J connectivity index is 1.80. The Labute approximate surface area is 421 Å². The van der Waals surface area contributed by atoms with E-state index in [0.717, 1.165) is 89.9 Å². The lowest BCUT2D eigenvalue weighted by Crippen LogP contribution is -2.65. The van der Waals surface area contributed by atoms with Crippen molar-refractivity contribution >= 4 is 5.91 Å². The Bertz CT molecular complexity index is 1450. The Morgan fingerprint density at radius 2 is 0.986 bits per heavy atom. The number of carbonyl (C=O) groups is 1. The quantitative estimate of drug-likeness (QED) is 0.0209. The number of aliphatic hydroxyl groups is 8. The number of aliphatic hydroxyl groups excluding tert-OH is 8. The second kappa shape index (κ2) is 41.9. The number of ether oxygens (including phenoxy) is 4. The van der Waals surface area contributed by atoms with Crippen molar-refractivity contribution in [1.29, 1.82) is 0 Å². The van der Waals surface area contributed by atoms with Crippen LogP contribution >= 0.6 is 0 Å². The molecule has 2 saturated heterocycles. The number of allylic oxidation sites excluding steroid dienone is 11. The highest BCUT2D eigenvalue weighted by Crippen LogP contribution is 2.30. The van der Waals surface area contributed by atoms with Crippen LogP contribution in [0.3, 0.4) is 0 Å². The molecule has 0 aliphatic carbocycles. The van der Waals surface area contributed by atoms with Crippen molar-refractivity contribution in [2.45, 2.75) is 254 Å². The minimum absolute atomic E-state index is 0.255. The Morgan fingerprint density at radius 3 is 1.51 bits per heavy atom. The van der Waals surface area contributed by atoms with Gasteiger partial charge in [0.25, 0.3) is 0 Å². The maximum Gasteiger partial charge on any atom is 0.220 e. The highest BCUT2D eigenvalue weighted by atomic mass is 16.7. The summed E-state index contributed by atoms with van der Waals surface area (Å²) in [4.78, 5) is 13.2. The average Bonchev–Trinajstić information content (AvgIpc) is 3.36. The number of hydrogen-bond donors (Lipinski definition) is 9. The maximum atomic E-state index is 13.2. The molecule has 2 aliphatic heterocycles. The maximum absolute atomic E-state index is 13.2. The van der Waals surface area contributed by atoms with Gasteiger partial charge in [-0.2, -0.15) is 0 Å². The first-order valence-corrected chi connectivity index (χ1v) is 27.2. The summed E-state index contributed by atoms with van der Waals surface area (Å²) >= 11 is 0. The first-order valence-electron chi connectivity index (χ1n) is 27.2. The van der Waals surface area contributed by atoms with Crippen LogP contribution in [0, 0.1) is 0 Å². The molecule has 0 aromatic carbocycles. The molecule has 0 aromatic heterocycles. The summed E-state index contributed by atoms with van der Waals surface area (Å²) in [5.74, 6) is -0.255. The number of rotatable bonds is 41. The van der Waals surface area contributed by atoms with Gasteiger partial charge in [0.1, 0.15) is 48.8 Å². The third-order valence-corrected chi connectivity index (χ3v) is 12.9. The van der Waals surface area contributed by atoms with Crippen molar-refractivity contribution in [3.8, 4) is 0 Å². The normalized spacial score (nSPS) is 26.5. The van der Waals surface area contributed by atoms with Crippen molar-refractivity contribution in [2.75, 3.05) is 19.8 Å². The van der Waals surface area contributed by atoms with E-state index in [1.54, 1.807) is 6.08 Å². The van der Waals surface area contributed by atoms with E-state index in [9.17, 15) is 45.6 Å². The largest absolute Gasteiger partial charge is 0.394 e. The van der Waals surface area contributed by atoms with Gasteiger partial charge >= 0.3 is 0 Å². The van der Waals surface area contributed by atoms with Crippen molar-refractivity contribution < 1.29 is 64.6 Å². The zero-order chi connectivity index (χ0) is 51.0. The van der Waals surface area contributed by atoms with Crippen LogP contribution in [0.5, 0.6) is 0 Å². The van der Waals surface area contributed by atoms with E-state index < -0.39 is 86.8 Å². The fourth-order valence-electron chi connectivity index (χ4n) is 8.49. The summed E-state index contributed by atoms with van der Waals surface area (Å²) in [6.45, 7) is 2.65. The van der Waals surface area contributed by atoms with E-state index in [1.807, 2.05) is 6.08 Å².